The first-order valence-electron chi connectivity index (χ1n) is 5.61. The number of rotatable bonds is 4. The summed E-state index contributed by atoms with van der Waals surface area (Å²) in [5, 5.41) is 6.72. The number of hydrogen-bond acceptors (Lipinski definition) is 5. The zero-order valence-corrected chi connectivity index (χ0v) is 10.3. The molecule has 19 heavy (non-hydrogen) atoms. The number of carbonyl (C=O) groups excluding carboxylic acids is 1. The molecule has 6 nitrogen and oxygen atoms in total. The van der Waals surface area contributed by atoms with Crippen molar-refractivity contribution in [3.63, 3.8) is 0 Å². The van der Waals surface area contributed by atoms with Gasteiger partial charge in [-0.05, 0) is 12.1 Å². The molecule has 0 saturated heterocycles. The number of pyridine rings is 1. The minimum absolute atomic E-state index is 0.127. The Morgan fingerprint density at radius 1 is 1.42 bits per heavy atom. The highest BCUT2D eigenvalue weighted by Crippen LogP contribution is 2.02. The van der Waals surface area contributed by atoms with Gasteiger partial charge in [0.25, 0.3) is 0 Å². The predicted molar refractivity (Wildman–Crippen MR) is 70.2 cm³/mol. The largest absolute Gasteiger partial charge is 0.394 e. The van der Waals surface area contributed by atoms with Gasteiger partial charge in [0, 0.05) is 37.8 Å². The van der Waals surface area contributed by atoms with Crippen molar-refractivity contribution in [2.24, 2.45) is 0 Å². The Morgan fingerprint density at radius 2 is 2.26 bits per heavy atom. The Balaban J connectivity index is 2.44. The standard InChI is InChI=1S/C13H12N4O2/c1-14-7-4-11(18)13-12(19)5-8-17(16-13)10-3-2-6-15-9-10/h2-9,14H,1H3/b7-4+. The van der Waals surface area contributed by atoms with Crippen molar-refractivity contribution in [3.05, 3.63) is 65.0 Å². The number of allylic oxidation sites excluding steroid dienone is 1. The van der Waals surface area contributed by atoms with E-state index < -0.39 is 11.2 Å². The number of aromatic nitrogens is 3. The van der Waals surface area contributed by atoms with E-state index in [1.165, 1.54) is 29.2 Å². The van der Waals surface area contributed by atoms with Gasteiger partial charge in [-0.15, -0.1) is 0 Å². The van der Waals surface area contributed by atoms with Crippen molar-refractivity contribution >= 4 is 5.78 Å². The van der Waals surface area contributed by atoms with E-state index in [2.05, 4.69) is 15.4 Å². The monoisotopic (exact) mass is 256 g/mol. The van der Waals surface area contributed by atoms with Gasteiger partial charge in [0.2, 0.25) is 11.2 Å². The number of hydrogen-bond donors (Lipinski definition) is 1. The lowest BCUT2D eigenvalue weighted by Gasteiger charge is -2.04. The fraction of sp³-hybridized carbons (Fsp3) is 0.0769. The van der Waals surface area contributed by atoms with E-state index in [9.17, 15) is 9.59 Å². The summed E-state index contributed by atoms with van der Waals surface area (Å²) in [6.07, 6.45) is 7.43. The minimum Gasteiger partial charge on any atom is -0.394 e. The van der Waals surface area contributed by atoms with E-state index >= 15 is 0 Å². The number of carbonyl (C=O) groups is 1. The maximum atomic E-state index is 11.8. The Hall–Kier alpha value is -2.76. The molecule has 0 aromatic carbocycles. The third kappa shape index (κ3) is 2.92. The second-order valence-corrected chi connectivity index (χ2v) is 3.67. The molecule has 0 fully saturated rings. The van der Waals surface area contributed by atoms with Crippen LogP contribution in [0.4, 0.5) is 0 Å². The van der Waals surface area contributed by atoms with Gasteiger partial charge in [-0.3, -0.25) is 14.6 Å². The third-order valence-corrected chi connectivity index (χ3v) is 2.35. The second-order valence-electron chi connectivity index (χ2n) is 3.67. The molecule has 0 aliphatic carbocycles. The van der Waals surface area contributed by atoms with Crippen molar-refractivity contribution in [1.82, 2.24) is 20.1 Å². The lowest BCUT2D eigenvalue weighted by molar-refractivity contribution is 0.103. The first-order valence-corrected chi connectivity index (χ1v) is 5.61. The summed E-state index contributed by atoms with van der Waals surface area (Å²) in [6, 6.07) is 4.83. The Morgan fingerprint density at radius 3 is 2.95 bits per heavy atom. The van der Waals surface area contributed by atoms with Gasteiger partial charge in [-0.1, -0.05) is 0 Å². The maximum absolute atomic E-state index is 11.8. The van der Waals surface area contributed by atoms with E-state index in [1.807, 2.05) is 0 Å². The molecule has 0 aliphatic heterocycles. The van der Waals surface area contributed by atoms with Gasteiger partial charge in [0.05, 0.1) is 11.9 Å². The summed E-state index contributed by atoms with van der Waals surface area (Å²) in [5.41, 5.74) is 0.137. The summed E-state index contributed by atoms with van der Waals surface area (Å²) in [7, 11) is 1.66. The zero-order chi connectivity index (χ0) is 13.7. The van der Waals surface area contributed by atoms with Crippen molar-refractivity contribution in [2.75, 3.05) is 7.05 Å². The summed E-state index contributed by atoms with van der Waals surface area (Å²) in [6.45, 7) is 0. The van der Waals surface area contributed by atoms with Crippen LogP contribution in [-0.4, -0.2) is 27.6 Å². The summed E-state index contributed by atoms with van der Waals surface area (Å²) >= 11 is 0. The first kappa shape index (κ1) is 12.7. The highest BCUT2D eigenvalue weighted by molar-refractivity contribution is 6.02. The molecule has 6 heteroatoms. The van der Waals surface area contributed by atoms with Gasteiger partial charge in [-0.2, -0.15) is 5.10 Å². The normalized spacial score (nSPS) is 10.6. The molecule has 2 heterocycles. The smallest absolute Gasteiger partial charge is 0.211 e. The van der Waals surface area contributed by atoms with E-state index in [-0.39, 0.29) is 5.69 Å². The van der Waals surface area contributed by atoms with E-state index in [4.69, 9.17) is 0 Å². The van der Waals surface area contributed by atoms with Crippen LogP contribution in [0.1, 0.15) is 10.5 Å². The average molecular weight is 256 g/mol. The van der Waals surface area contributed by atoms with Crippen molar-refractivity contribution in [1.29, 1.82) is 0 Å². The molecule has 0 spiro atoms. The summed E-state index contributed by atoms with van der Waals surface area (Å²) < 4.78 is 1.44. The van der Waals surface area contributed by atoms with Gasteiger partial charge in [0.15, 0.2) is 5.69 Å². The molecule has 0 aliphatic rings. The van der Waals surface area contributed by atoms with E-state index in [0.717, 1.165) is 0 Å². The zero-order valence-electron chi connectivity index (χ0n) is 10.3. The quantitative estimate of drug-likeness (QED) is 0.638. The topological polar surface area (TPSA) is 76.9 Å². The molecule has 0 bridgehead atoms. The predicted octanol–water partition coefficient (Wildman–Crippen LogP) is 0.543. The lowest BCUT2D eigenvalue weighted by atomic mass is 10.2. The molecule has 96 valence electrons. The Kier molecular flexibility index (Phi) is 3.82. The van der Waals surface area contributed by atoms with Crippen LogP contribution in [0.5, 0.6) is 0 Å². The Bertz CT molecular complexity index is 662. The first-order chi connectivity index (χ1) is 9.22. The van der Waals surface area contributed by atoms with Crippen molar-refractivity contribution in [2.45, 2.75) is 0 Å². The summed E-state index contributed by atoms with van der Waals surface area (Å²) in [5.74, 6) is -0.447. The molecule has 0 saturated carbocycles. The van der Waals surface area contributed by atoms with Gasteiger partial charge >= 0.3 is 0 Å². The molecule has 0 atom stereocenters. The molecule has 2 rings (SSSR count). The van der Waals surface area contributed by atoms with Crippen LogP contribution in [0.15, 0.2) is 53.9 Å². The summed E-state index contributed by atoms with van der Waals surface area (Å²) in [4.78, 5) is 27.4. The average Bonchev–Trinajstić information content (AvgIpc) is 2.46. The van der Waals surface area contributed by atoms with Crippen LogP contribution < -0.4 is 10.7 Å². The number of nitrogens with zero attached hydrogens (tertiary/aromatic N) is 3. The molecule has 1 N–H and O–H groups in total. The molecule has 2 aromatic rings. The van der Waals surface area contributed by atoms with Gasteiger partial charge < -0.3 is 5.32 Å². The fourth-order valence-corrected chi connectivity index (χ4v) is 1.45. The molecular formula is C13H12N4O2. The van der Waals surface area contributed by atoms with E-state index in [1.54, 1.807) is 31.6 Å². The lowest BCUT2D eigenvalue weighted by Crippen LogP contribution is -2.19. The SMILES string of the molecule is CN/C=C/C(=O)c1nn(-c2cccnc2)ccc1=O. The molecule has 0 unspecified atom stereocenters. The maximum Gasteiger partial charge on any atom is 0.211 e. The molecule has 0 amide bonds. The van der Waals surface area contributed by atoms with Gasteiger partial charge in [0.1, 0.15) is 0 Å². The van der Waals surface area contributed by atoms with Crippen LogP contribution in [0.25, 0.3) is 5.69 Å². The van der Waals surface area contributed by atoms with Crippen LogP contribution in [0.2, 0.25) is 0 Å². The number of ketones is 1. The Labute approximate surface area is 109 Å². The van der Waals surface area contributed by atoms with Crippen LogP contribution in [0.3, 0.4) is 0 Å². The number of nitrogens with one attached hydrogen (secondary N) is 1. The molecular weight excluding hydrogens is 244 g/mol. The van der Waals surface area contributed by atoms with Gasteiger partial charge in [-0.25, -0.2) is 4.68 Å². The van der Waals surface area contributed by atoms with Crippen molar-refractivity contribution < 1.29 is 4.79 Å². The highest BCUT2D eigenvalue weighted by Gasteiger charge is 2.10. The van der Waals surface area contributed by atoms with Crippen LogP contribution in [0, 0.1) is 0 Å². The minimum atomic E-state index is -0.447. The van der Waals surface area contributed by atoms with E-state index in [0.29, 0.717) is 5.69 Å². The highest BCUT2D eigenvalue weighted by atomic mass is 16.1. The molecule has 0 radical (unpaired) electrons. The molecule has 2 aromatic heterocycles. The van der Waals surface area contributed by atoms with Crippen molar-refractivity contribution in [3.8, 4) is 5.69 Å². The second kappa shape index (κ2) is 5.72. The van der Waals surface area contributed by atoms with Crippen LogP contribution in [-0.2, 0) is 0 Å². The van der Waals surface area contributed by atoms with Crippen LogP contribution >= 0.6 is 0 Å². The fourth-order valence-electron chi connectivity index (χ4n) is 1.45. The third-order valence-electron chi connectivity index (χ3n) is 2.35.